The summed E-state index contributed by atoms with van der Waals surface area (Å²) in [5, 5.41) is 8.79. The molecule has 0 aliphatic heterocycles. The summed E-state index contributed by atoms with van der Waals surface area (Å²) in [6.45, 7) is 0. The van der Waals surface area contributed by atoms with Crippen molar-refractivity contribution in [3.63, 3.8) is 0 Å². The molecular formula is C12H9IN3O-. The van der Waals surface area contributed by atoms with E-state index in [-0.39, 0.29) is 0 Å². The van der Waals surface area contributed by atoms with Crippen LogP contribution >= 0.6 is 0 Å². The second-order valence-electron chi connectivity index (χ2n) is 3.05. The van der Waals surface area contributed by atoms with Gasteiger partial charge in [0.25, 0.3) is 0 Å². The van der Waals surface area contributed by atoms with Gasteiger partial charge in [-0.25, -0.2) is 0 Å². The Morgan fingerprint density at radius 2 is 2.18 bits per heavy atom. The van der Waals surface area contributed by atoms with E-state index in [1.54, 1.807) is 19.4 Å². The fourth-order valence-corrected chi connectivity index (χ4v) is 3.47. The number of hydrogen-bond acceptors (Lipinski definition) is 4. The third-order valence-corrected chi connectivity index (χ3v) is 4.44. The van der Waals surface area contributed by atoms with E-state index in [2.05, 4.69) is 9.97 Å². The molecule has 5 heteroatoms. The van der Waals surface area contributed by atoms with E-state index >= 15 is 0 Å². The molecule has 2 aromatic rings. The van der Waals surface area contributed by atoms with Crippen LogP contribution in [0.1, 0.15) is 5.69 Å². The molecule has 17 heavy (non-hydrogen) atoms. The summed E-state index contributed by atoms with van der Waals surface area (Å²) < 4.78 is 7.09. The van der Waals surface area contributed by atoms with Gasteiger partial charge in [0.05, 0.1) is 0 Å². The number of aromatic nitrogens is 2. The molecule has 0 unspecified atom stereocenters. The first-order valence-electron chi connectivity index (χ1n) is 4.84. The van der Waals surface area contributed by atoms with Crippen LogP contribution in [0.15, 0.2) is 36.5 Å². The number of methoxy groups -OCH3 is 1. The third kappa shape index (κ3) is 2.91. The monoisotopic (exact) mass is 338 g/mol. The first-order valence-corrected chi connectivity index (χ1v) is 7.00. The number of pyridine rings is 2. The first kappa shape index (κ1) is 11.8. The number of ether oxygens (including phenoxy) is 1. The first-order chi connectivity index (χ1) is 8.33. The van der Waals surface area contributed by atoms with E-state index in [0.29, 0.717) is 5.69 Å². The molecule has 2 aromatic heterocycles. The van der Waals surface area contributed by atoms with E-state index in [9.17, 15) is 0 Å². The average molecular weight is 338 g/mol. The van der Waals surface area contributed by atoms with Crippen molar-refractivity contribution in [1.29, 1.82) is 5.26 Å². The molecule has 0 atom stereocenters. The van der Waals surface area contributed by atoms with E-state index in [0.717, 1.165) is 13.2 Å². The summed E-state index contributed by atoms with van der Waals surface area (Å²) in [5.41, 5.74) is 0.442. The van der Waals surface area contributed by atoms with Crippen LogP contribution in [-0.4, -0.2) is 17.1 Å². The van der Waals surface area contributed by atoms with Crippen LogP contribution < -0.4 is 25.9 Å². The molecule has 0 aromatic carbocycles. The SMILES string of the molecule is COc1cccnc1[I-]c1cccc(C#N)n1. The van der Waals surface area contributed by atoms with Gasteiger partial charge >= 0.3 is 110 Å². The van der Waals surface area contributed by atoms with Crippen LogP contribution in [0.5, 0.6) is 5.75 Å². The van der Waals surface area contributed by atoms with Gasteiger partial charge in [-0.15, -0.1) is 0 Å². The zero-order chi connectivity index (χ0) is 12.1. The van der Waals surface area contributed by atoms with Gasteiger partial charge in [-0.1, -0.05) is 0 Å². The minimum atomic E-state index is -0.521. The van der Waals surface area contributed by atoms with Crippen molar-refractivity contribution in [3.8, 4) is 11.8 Å². The van der Waals surface area contributed by atoms with E-state index in [4.69, 9.17) is 10.00 Å². The second-order valence-corrected chi connectivity index (χ2v) is 5.71. The summed E-state index contributed by atoms with van der Waals surface area (Å²) in [5.74, 6) is 0.782. The fraction of sp³-hybridized carbons (Fsp3) is 0.0833. The number of hydrogen-bond donors (Lipinski definition) is 0. The zero-order valence-corrected chi connectivity index (χ0v) is 11.2. The van der Waals surface area contributed by atoms with Gasteiger partial charge in [0, 0.05) is 0 Å². The van der Waals surface area contributed by atoms with Crippen molar-refractivity contribution >= 4 is 0 Å². The Morgan fingerprint density at radius 1 is 1.29 bits per heavy atom. The predicted molar refractivity (Wildman–Crippen MR) is 57.1 cm³/mol. The topological polar surface area (TPSA) is 58.8 Å². The maximum absolute atomic E-state index is 8.79. The molecule has 0 aliphatic carbocycles. The van der Waals surface area contributed by atoms with Crippen LogP contribution in [0.4, 0.5) is 0 Å². The van der Waals surface area contributed by atoms with E-state index < -0.39 is 21.2 Å². The van der Waals surface area contributed by atoms with Gasteiger partial charge in [0.2, 0.25) is 0 Å². The van der Waals surface area contributed by atoms with Crippen LogP contribution in [0.2, 0.25) is 0 Å². The van der Waals surface area contributed by atoms with E-state index in [1.807, 2.05) is 30.3 Å². The van der Waals surface area contributed by atoms with E-state index in [1.165, 1.54) is 0 Å². The third-order valence-electron chi connectivity index (χ3n) is 1.96. The molecule has 0 saturated carbocycles. The minimum absolute atomic E-state index is 0.442. The maximum atomic E-state index is 8.79. The standard InChI is InChI=1S/C12H9IN3O/c1-17-10-5-3-7-15-12(10)13-11-6-2-4-9(8-14)16-11/h2-7H,1H3/q-1. The van der Waals surface area contributed by atoms with Crippen molar-refractivity contribution < 1.29 is 25.9 Å². The fourth-order valence-electron chi connectivity index (χ4n) is 1.21. The molecule has 2 rings (SSSR count). The number of nitriles is 1. The van der Waals surface area contributed by atoms with Crippen LogP contribution in [0.3, 0.4) is 0 Å². The summed E-state index contributed by atoms with van der Waals surface area (Å²) in [4.78, 5) is 8.56. The Kier molecular flexibility index (Phi) is 3.88. The number of nitrogens with zero attached hydrogens (tertiary/aromatic N) is 3. The Bertz CT molecular complexity index is 566. The predicted octanol–water partition coefficient (Wildman–Crippen LogP) is -1.51. The molecule has 0 radical (unpaired) electrons. The molecule has 0 aliphatic rings. The summed E-state index contributed by atoms with van der Waals surface area (Å²) in [6.07, 6.45) is 1.74. The summed E-state index contributed by atoms with van der Waals surface area (Å²) >= 11 is -0.521. The molecule has 0 fully saturated rings. The molecule has 4 nitrogen and oxygen atoms in total. The normalized spacial score (nSPS) is 9.88. The summed E-state index contributed by atoms with van der Waals surface area (Å²) in [7, 11) is 1.63. The Morgan fingerprint density at radius 3 is 2.94 bits per heavy atom. The zero-order valence-electron chi connectivity index (χ0n) is 9.09. The molecule has 86 valence electrons. The van der Waals surface area contributed by atoms with Gasteiger partial charge in [-0.2, -0.15) is 0 Å². The van der Waals surface area contributed by atoms with Gasteiger partial charge in [0.1, 0.15) is 0 Å². The molecule has 0 spiro atoms. The molecule has 0 bridgehead atoms. The Hall–Kier alpha value is -1.68. The Labute approximate surface area is 110 Å². The van der Waals surface area contributed by atoms with Crippen LogP contribution in [-0.2, 0) is 0 Å². The molecule has 2 heterocycles. The van der Waals surface area contributed by atoms with Crippen molar-refractivity contribution in [3.05, 3.63) is 49.6 Å². The quantitative estimate of drug-likeness (QED) is 0.504. The van der Waals surface area contributed by atoms with Crippen molar-refractivity contribution in [2.45, 2.75) is 0 Å². The number of rotatable bonds is 3. The average Bonchev–Trinajstić information content (AvgIpc) is 2.39. The Balaban J connectivity index is 2.28. The molecular weight excluding hydrogens is 329 g/mol. The van der Waals surface area contributed by atoms with Gasteiger partial charge < -0.3 is 0 Å². The summed E-state index contributed by atoms with van der Waals surface area (Å²) in [6, 6.07) is 11.2. The van der Waals surface area contributed by atoms with Crippen molar-refractivity contribution in [2.24, 2.45) is 0 Å². The van der Waals surface area contributed by atoms with Gasteiger partial charge in [-0.05, 0) is 0 Å². The van der Waals surface area contributed by atoms with Crippen molar-refractivity contribution in [2.75, 3.05) is 7.11 Å². The van der Waals surface area contributed by atoms with Gasteiger partial charge in [-0.3, -0.25) is 0 Å². The van der Waals surface area contributed by atoms with Crippen molar-refractivity contribution in [1.82, 2.24) is 9.97 Å². The second kappa shape index (κ2) is 5.59. The molecule has 0 amide bonds. The molecule has 0 saturated heterocycles. The van der Waals surface area contributed by atoms with Crippen LogP contribution in [0, 0.1) is 18.7 Å². The number of halogens is 1. The van der Waals surface area contributed by atoms with Crippen LogP contribution in [0.25, 0.3) is 0 Å². The molecule has 0 N–H and O–H groups in total. The van der Waals surface area contributed by atoms with Gasteiger partial charge in [0.15, 0.2) is 0 Å².